The van der Waals surface area contributed by atoms with Crippen molar-refractivity contribution >= 4 is 23.3 Å². The van der Waals surface area contributed by atoms with Crippen molar-refractivity contribution in [3.05, 3.63) is 54.4 Å². The highest BCUT2D eigenvalue weighted by Gasteiger charge is 2.43. The van der Waals surface area contributed by atoms with Crippen LogP contribution in [0.15, 0.2) is 53.8 Å². The maximum absolute atomic E-state index is 13.2. The van der Waals surface area contributed by atoms with E-state index in [4.69, 9.17) is 0 Å². The minimum absolute atomic E-state index is 0.166. The summed E-state index contributed by atoms with van der Waals surface area (Å²) in [6, 6.07) is 13.1. The Labute approximate surface area is 237 Å². The number of likely N-dealkylation sites (tertiary alicyclic amines) is 1. The molecular formula is C32H42N6O2. The summed E-state index contributed by atoms with van der Waals surface area (Å²) in [6.07, 6.45) is 10.1. The Kier molecular flexibility index (Phi) is 7.40. The van der Waals surface area contributed by atoms with Gasteiger partial charge in [0.15, 0.2) is 0 Å². The molecule has 2 aromatic heterocycles. The first-order valence-electron chi connectivity index (χ1n) is 14.9. The fourth-order valence-corrected chi connectivity index (χ4v) is 6.72. The molecule has 4 heterocycles. The van der Waals surface area contributed by atoms with E-state index in [9.17, 15) is 9.90 Å². The lowest BCUT2D eigenvalue weighted by atomic mass is 9.82. The van der Waals surface area contributed by atoms with Gasteiger partial charge in [-0.1, -0.05) is 24.3 Å². The molecule has 1 N–H and O–H groups in total. The summed E-state index contributed by atoms with van der Waals surface area (Å²) in [7, 11) is 1.83. The predicted octanol–water partition coefficient (Wildman–Crippen LogP) is 4.07. The van der Waals surface area contributed by atoms with Gasteiger partial charge in [0.25, 0.3) is 0 Å². The molecule has 1 aliphatic carbocycles. The van der Waals surface area contributed by atoms with Crippen molar-refractivity contribution in [2.75, 3.05) is 51.2 Å². The zero-order valence-electron chi connectivity index (χ0n) is 24.0. The third kappa shape index (κ3) is 5.15. The second-order valence-corrected chi connectivity index (χ2v) is 12.2. The Morgan fingerprint density at radius 1 is 1.02 bits per heavy atom. The van der Waals surface area contributed by atoms with E-state index in [0.717, 1.165) is 79.8 Å². The van der Waals surface area contributed by atoms with Crippen LogP contribution < -0.4 is 4.90 Å². The molecule has 6 rings (SSSR count). The molecule has 0 unspecified atom stereocenters. The average molecular weight is 543 g/mol. The standard InChI is InChI=1S/C32H42N6O2/c1-23(2)37-21-32(40,22-37)28-10-8-25(9-11-28)27-18-30-29(12-13-34-38(30)20-27)35-14-16-36(17-15-35)31(39)26-6-4-24(5-7-26)19-33-3/h8-13,18-20,23-24,26,40H,4-7,14-17,21-22H2,1-3H3/b33-19-. The fraction of sp³-hybridized carbons (Fsp3) is 0.531. The summed E-state index contributed by atoms with van der Waals surface area (Å²) in [6.45, 7) is 8.86. The van der Waals surface area contributed by atoms with Crippen LogP contribution in [0.5, 0.6) is 0 Å². The zero-order valence-corrected chi connectivity index (χ0v) is 24.0. The van der Waals surface area contributed by atoms with Crippen LogP contribution in [0, 0.1) is 11.8 Å². The molecule has 0 radical (unpaired) electrons. The van der Waals surface area contributed by atoms with Gasteiger partial charge < -0.3 is 19.9 Å². The lowest BCUT2D eigenvalue weighted by Crippen LogP contribution is -2.61. The van der Waals surface area contributed by atoms with Gasteiger partial charge in [-0.15, -0.1) is 0 Å². The number of rotatable bonds is 6. The number of hydrogen-bond acceptors (Lipinski definition) is 6. The highest BCUT2D eigenvalue weighted by atomic mass is 16.3. The number of amides is 1. The van der Waals surface area contributed by atoms with Crippen molar-refractivity contribution in [3.8, 4) is 11.1 Å². The normalized spacial score (nSPS) is 23.7. The van der Waals surface area contributed by atoms with E-state index in [1.165, 1.54) is 0 Å². The van der Waals surface area contributed by atoms with Crippen LogP contribution in [0.25, 0.3) is 16.6 Å². The zero-order chi connectivity index (χ0) is 27.9. The number of aromatic nitrogens is 2. The van der Waals surface area contributed by atoms with Crippen LogP contribution in [0.3, 0.4) is 0 Å². The van der Waals surface area contributed by atoms with Crippen molar-refractivity contribution < 1.29 is 9.90 Å². The molecule has 0 spiro atoms. The van der Waals surface area contributed by atoms with Gasteiger partial charge in [0.05, 0.1) is 11.2 Å². The van der Waals surface area contributed by atoms with Crippen molar-refractivity contribution in [2.45, 2.75) is 51.2 Å². The molecule has 2 aliphatic heterocycles. The van der Waals surface area contributed by atoms with Crippen molar-refractivity contribution in [3.63, 3.8) is 0 Å². The van der Waals surface area contributed by atoms with E-state index in [2.05, 4.69) is 87.4 Å². The molecule has 2 saturated heterocycles. The average Bonchev–Trinajstić information content (AvgIpc) is 3.40. The minimum Gasteiger partial charge on any atom is -0.382 e. The summed E-state index contributed by atoms with van der Waals surface area (Å²) in [4.78, 5) is 24.2. The minimum atomic E-state index is -0.754. The first kappa shape index (κ1) is 27.0. The first-order chi connectivity index (χ1) is 19.3. The SMILES string of the molecule is C/N=C\C1CCC(C(=O)N2CCN(c3ccnn4cc(-c5ccc(C6(O)CN(C(C)C)C6)cc5)cc34)CC2)CC1. The molecule has 0 bridgehead atoms. The molecule has 8 heteroatoms. The van der Waals surface area contributed by atoms with Crippen LogP contribution in [0.4, 0.5) is 5.69 Å². The number of carbonyl (C=O) groups is 1. The number of aliphatic hydroxyl groups is 1. The summed E-state index contributed by atoms with van der Waals surface area (Å²) in [5.41, 5.74) is 4.67. The Morgan fingerprint density at radius 3 is 2.38 bits per heavy atom. The Morgan fingerprint density at radius 2 is 1.73 bits per heavy atom. The second kappa shape index (κ2) is 11.0. The van der Waals surface area contributed by atoms with Gasteiger partial charge in [0.1, 0.15) is 5.60 Å². The summed E-state index contributed by atoms with van der Waals surface area (Å²) in [5.74, 6) is 1.04. The van der Waals surface area contributed by atoms with Crippen LogP contribution >= 0.6 is 0 Å². The van der Waals surface area contributed by atoms with E-state index in [0.29, 0.717) is 31.0 Å². The summed E-state index contributed by atoms with van der Waals surface area (Å²) in [5, 5.41) is 15.6. The molecule has 8 nitrogen and oxygen atoms in total. The molecule has 40 heavy (non-hydrogen) atoms. The van der Waals surface area contributed by atoms with Gasteiger partial charge in [-0.2, -0.15) is 5.10 Å². The van der Waals surface area contributed by atoms with Crippen LogP contribution in [-0.4, -0.2) is 89.0 Å². The third-order valence-corrected chi connectivity index (χ3v) is 9.31. The fourth-order valence-electron chi connectivity index (χ4n) is 6.72. The Bertz CT molecular complexity index is 1360. The molecular weight excluding hydrogens is 500 g/mol. The van der Waals surface area contributed by atoms with Crippen LogP contribution in [0.2, 0.25) is 0 Å². The lowest BCUT2D eigenvalue weighted by Gasteiger charge is -2.49. The van der Waals surface area contributed by atoms with Crippen LogP contribution in [0.1, 0.15) is 45.1 Å². The van der Waals surface area contributed by atoms with Gasteiger partial charge in [-0.05, 0) is 68.7 Å². The quantitative estimate of drug-likeness (QED) is 0.476. The summed E-state index contributed by atoms with van der Waals surface area (Å²) < 4.78 is 1.95. The van der Waals surface area contributed by atoms with Gasteiger partial charge in [-0.3, -0.25) is 9.69 Å². The Balaban J connectivity index is 1.11. The number of β-amino-alcohol motifs (C(OH)–C–C–N with tert-alkyl or cyclic N) is 1. The number of benzene rings is 1. The number of fused-ring (bicyclic) bond motifs is 1. The molecule has 3 aromatic rings. The van der Waals surface area contributed by atoms with E-state index in [1.54, 1.807) is 0 Å². The largest absolute Gasteiger partial charge is 0.382 e. The van der Waals surface area contributed by atoms with Crippen molar-refractivity contribution in [2.24, 2.45) is 16.8 Å². The van der Waals surface area contributed by atoms with E-state index in [1.807, 2.05) is 17.8 Å². The van der Waals surface area contributed by atoms with Crippen molar-refractivity contribution in [1.29, 1.82) is 0 Å². The number of carbonyl (C=O) groups excluding carboxylic acids is 1. The maximum atomic E-state index is 13.2. The van der Waals surface area contributed by atoms with E-state index >= 15 is 0 Å². The third-order valence-electron chi connectivity index (χ3n) is 9.31. The highest BCUT2D eigenvalue weighted by Crippen LogP contribution is 2.35. The van der Waals surface area contributed by atoms with E-state index < -0.39 is 5.60 Å². The topological polar surface area (TPSA) is 76.7 Å². The molecule has 3 aliphatic rings. The highest BCUT2D eigenvalue weighted by molar-refractivity contribution is 5.81. The first-order valence-corrected chi connectivity index (χ1v) is 14.9. The lowest BCUT2D eigenvalue weighted by molar-refractivity contribution is -0.137. The molecule has 3 fully saturated rings. The monoisotopic (exact) mass is 542 g/mol. The molecule has 212 valence electrons. The predicted molar refractivity (Wildman–Crippen MR) is 160 cm³/mol. The number of aliphatic imine (C=N–C) groups is 1. The number of nitrogens with zero attached hydrogens (tertiary/aromatic N) is 6. The molecule has 1 amide bonds. The summed E-state index contributed by atoms with van der Waals surface area (Å²) >= 11 is 0. The van der Waals surface area contributed by atoms with Gasteiger partial charge in [0, 0.05) is 82.4 Å². The number of hydrogen-bond donors (Lipinski definition) is 1. The molecule has 1 saturated carbocycles. The number of anilines is 1. The van der Waals surface area contributed by atoms with Crippen LogP contribution in [-0.2, 0) is 10.4 Å². The maximum Gasteiger partial charge on any atom is 0.225 e. The van der Waals surface area contributed by atoms with Crippen molar-refractivity contribution in [1.82, 2.24) is 19.4 Å². The Hall–Kier alpha value is -3.23. The van der Waals surface area contributed by atoms with Gasteiger partial charge in [0.2, 0.25) is 5.91 Å². The molecule has 1 aromatic carbocycles. The van der Waals surface area contributed by atoms with Gasteiger partial charge >= 0.3 is 0 Å². The van der Waals surface area contributed by atoms with Gasteiger partial charge in [-0.25, -0.2) is 4.52 Å². The second-order valence-electron chi connectivity index (χ2n) is 12.2. The van der Waals surface area contributed by atoms with E-state index in [-0.39, 0.29) is 5.92 Å². The smallest absolute Gasteiger partial charge is 0.225 e. The molecule has 0 atom stereocenters. The number of piperazine rings is 1.